The summed E-state index contributed by atoms with van der Waals surface area (Å²) < 4.78 is 11.2. The minimum Gasteiger partial charge on any atom is -0.394 e. The lowest BCUT2D eigenvalue weighted by atomic mass is 9.98. The highest BCUT2D eigenvalue weighted by atomic mass is 16.7. The van der Waals surface area contributed by atoms with Crippen LogP contribution >= 0.6 is 0 Å². The molecule has 1 aliphatic heterocycles. The summed E-state index contributed by atoms with van der Waals surface area (Å²) >= 11 is 0. The van der Waals surface area contributed by atoms with Crippen LogP contribution in [0, 0.1) is 0 Å². The molecule has 9 unspecified atom stereocenters. The van der Waals surface area contributed by atoms with Crippen LogP contribution in [0.5, 0.6) is 0 Å². The average molecular weight is 1120 g/mol. The van der Waals surface area contributed by atoms with E-state index in [1.54, 1.807) is 0 Å². The zero-order valence-electron chi connectivity index (χ0n) is 51.9. The van der Waals surface area contributed by atoms with Gasteiger partial charge < -0.3 is 50.5 Å². The number of unbranched alkanes of at least 4 members (excludes halogenated alkanes) is 47. The number of allylic oxidation sites excluding steroid dienone is 2. The van der Waals surface area contributed by atoms with Gasteiger partial charge >= 0.3 is 0 Å². The van der Waals surface area contributed by atoms with E-state index in [-0.39, 0.29) is 6.42 Å². The molecule has 0 aromatic rings. The van der Waals surface area contributed by atoms with Crippen molar-refractivity contribution in [2.45, 2.75) is 403 Å². The molecule has 11 heteroatoms. The Morgan fingerprint density at radius 3 is 1.06 bits per heavy atom. The van der Waals surface area contributed by atoms with Crippen molar-refractivity contribution in [1.82, 2.24) is 5.32 Å². The Bertz CT molecular complexity index is 1290. The van der Waals surface area contributed by atoms with Crippen LogP contribution in [0.4, 0.5) is 0 Å². The molecule has 1 heterocycles. The van der Waals surface area contributed by atoms with Crippen LogP contribution in [-0.4, -0.2) is 110 Å². The van der Waals surface area contributed by atoms with E-state index in [4.69, 9.17) is 9.47 Å². The summed E-state index contributed by atoms with van der Waals surface area (Å²) in [6, 6.07) is -1.17. The van der Waals surface area contributed by atoms with Gasteiger partial charge in [-0.05, 0) is 38.5 Å². The first-order valence-electron chi connectivity index (χ1n) is 34.6. The van der Waals surface area contributed by atoms with Crippen molar-refractivity contribution >= 4 is 5.91 Å². The summed E-state index contributed by atoms with van der Waals surface area (Å²) in [7, 11) is 0. The molecule has 0 spiro atoms. The summed E-state index contributed by atoms with van der Waals surface area (Å²) in [4.78, 5) is 13.2. The first-order valence-corrected chi connectivity index (χ1v) is 34.6. The lowest BCUT2D eigenvalue weighted by Gasteiger charge is -2.40. The monoisotopic (exact) mass is 1120 g/mol. The molecule has 0 aliphatic carbocycles. The number of hydrogen-bond acceptors (Lipinski definition) is 10. The highest BCUT2D eigenvalue weighted by Gasteiger charge is 2.44. The lowest BCUT2D eigenvalue weighted by molar-refractivity contribution is -0.303. The Kier molecular flexibility index (Phi) is 55.0. The van der Waals surface area contributed by atoms with Gasteiger partial charge in [0.2, 0.25) is 5.91 Å². The Hall–Kier alpha value is -1.15. The highest BCUT2D eigenvalue weighted by molar-refractivity contribution is 5.80. The highest BCUT2D eigenvalue weighted by Crippen LogP contribution is 2.24. The molecule has 1 aliphatic rings. The third kappa shape index (κ3) is 45.0. The third-order valence-corrected chi connectivity index (χ3v) is 17.1. The van der Waals surface area contributed by atoms with E-state index in [1.807, 2.05) is 0 Å². The predicted molar refractivity (Wildman–Crippen MR) is 330 cm³/mol. The Morgan fingerprint density at radius 1 is 0.430 bits per heavy atom. The van der Waals surface area contributed by atoms with Crippen molar-refractivity contribution in [2.75, 3.05) is 13.2 Å². The number of ether oxygens (including phenoxy) is 2. The van der Waals surface area contributed by atoms with E-state index in [9.17, 15) is 40.5 Å². The Morgan fingerprint density at radius 2 is 0.734 bits per heavy atom. The van der Waals surface area contributed by atoms with Gasteiger partial charge in [-0.2, -0.15) is 0 Å². The Balaban J connectivity index is 2.20. The van der Waals surface area contributed by atoms with Crippen LogP contribution in [0.2, 0.25) is 0 Å². The molecule has 0 aromatic heterocycles. The molecule has 79 heavy (non-hydrogen) atoms. The van der Waals surface area contributed by atoms with Crippen molar-refractivity contribution in [1.29, 1.82) is 0 Å². The first-order chi connectivity index (χ1) is 38.7. The number of hydrogen-bond donors (Lipinski definition) is 8. The Labute approximate surface area is 487 Å². The summed E-state index contributed by atoms with van der Waals surface area (Å²) in [6.45, 7) is 3.52. The second kappa shape index (κ2) is 57.3. The quantitative estimate of drug-likeness (QED) is 0.0215. The van der Waals surface area contributed by atoms with Crippen molar-refractivity contribution in [2.24, 2.45) is 0 Å². The number of carbonyl (C=O) groups is 1. The predicted octanol–water partition coefficient (Wildman–Crippen LogP) is 16.3. The van der Waals surface area contributed by atoms with E-state index in [0.29, 0.717) is 19.3 Å². The third-order valence-electron chi connectivity index (χ3n) is 17.1. The number of nitrogens with one attached hydrogen (secondary N) is 1. The summed E-state index contributed by atoms with van der Waals surface area (Å²) in [5, 5.41) is 76.5. The lowest BCUT2D eigenvalue weighted by Crippen LogP contribution is -2.60. The van der Waals surface area contributed by atoms with Gasteiger partial charge in [0.15, 0.2) is 6.29 Å². The van der Waals surface area contributed by atoms with Crippen LogP contribution in [-0.2, 0) is 14.3 Å². The van der Waals surface area contributed by atoms with Crippen molar-refractivity contribution < 1.29 is 50.0 Å². The summed E-state index contributed by atoms with van der Waals surface area (Å²) in [6.07, 6.45) is 58.6. The number of aliphatic hydroxyl groups is 7. The first kappa shape index (κ1) is 75.9. The SMILES string of the molecule is CCCCCCCCCCCCCC/C=C\CCCCCCCCCC(O)C(=O)NC(COC1OC(CO)C(O)C(O)C1O)C(O)C(O)CCCCCCCCCCCCCCCCCCCCCCCCCCCCCCC. The van der Waals surface area contributed by atoms with E-state index in [0.717, 1.165) is 44.9 Å². The van der Waals surface area contributed by atoms with E-state index in [2.05, 4.69) is 31.3 Å². The topological polar surface area (TPSA) is 189 Å². The van der Waals surface area contributed by atoms with Gasteiger partial charge in [0.05, 0.1) is 25.4 Å². The van der Waals surface area contributed by atoms with Gasteiger partial charge in [-0.15, -0.1) is 0 Å². The van der Waals surface area contributed by atoms with Crippen LogP contribution in [0.25, 0.3) is 0 Å². The maximum absolute atomic E-state index is 13.2. The van der Waals surface area contributed by atoms with Crippen LogP contribution in [0.3, 0.4) is 0 Å². The maximum Gasteiger partial charge on any atom is 0.249 e. The number of amides is 1. The minimum atomic E-state index is -1.66. The molecule has 0 radical (unpaired) electrons. The fraction of sp³-hybridized carbons (Fsp3) is 0.956. The zero-order valence-corrected chi connectivity index (χ0v) is 51.9. The van der Waals surface area contributed by atoms with Crippen LogP contribution < -0.4 is 5.32 Å². The standard InChI is InChI=1S/C68H133NO10/c1-3-5-7-9-11-13-15-17-19-21-23-25-27-28-29-30-31-32-34-35-37-39-41-43-45-47-49-51-53-55-60(71)63(73)59(58-78-68-66(76)65(75)64(74)62(57-70)79-68)69-67(77)61(72)56-54-52-50-48-46-44-42-40-38-36-33-26-24-22-20-18-16-14-12-10-8-6-4-2/h36,38,59-66,68,70-76H,3-35,37,39-58H2,1-2H3,(H,69,77)/b38-36-. The smallest absolute Gasteiger partial charge is 0.249 e. The fourth-order valence-electron chi connectivity index (χ4n) is 11.5. The number of aliphatic hydroxyl groups excluding tert-OH is 7. The van der Waals surface area contributed by atoms with Crippen LogP contribution in [0.15, 0.2) is 12.2 Å². The molecule has 0 aromatic carbocycles. The number of carbonyl (C=O) groups excluding carboxylic acids is 1. The fourth-order valence-corrected chi connectivity index (χ4v) is 11.5. The second-order valence-corrected chi connectivity index (χ2v) is 24.6. The maximum atomic E-state index is 13.2. The molecular weight excluding hydrogens is 991 g/mol. The van der Waals surface area contributed by atoms with E-state index >= 15 is 0 Å². The summed E-state index contributed by atoms with van der Waals surface area (Å²) in [5.74, 6) is -0.693. The molecule has 8 N–H and O–H groups in total. The molecule has 1 fully saturated rings. The van der Waals surface area contributed by atoms with Gasteiger partial charge in [0, 0.05) is 0 Å². The molecule has 11 nitrogen and oxygen atoms in total. The second-order valence-electron chi connectivity index (χ2n) is 24.6. The zero-order chi connectivity index (χ0) is 57.5. The van der Waals surface area contributed by atoms with Gasteiger partial charge in [0.1, 0.15) is 36.6 Å². The normalized spacial score (nSPS) is 19.3. The van der Waals surface area contributed by atoms with Gasteiger partial charge in [-0.1, -0.05) is 321 Å². The molecule has 0 bridgehead atoms. The molecular formula is C68H133NO10. The minimum absolute atomic E-state index is 0.258. The van der Waals surface area contributed by atoms with Gasteiger partial charge in [-0.3, -0.25) is 4.79 Å². The number of rotatable bonds is 61. The molecule has 0 saturated carbocycles. The molecule has 9 atom stereocenters. The molecule has 470 valence electrons. The van der Waals surface area contributed by atoms with E-state index in [1.165, 1.54) is 263 Å². The molecule has 1 saturated heterocycles. The van der Waals surface area contributed by atoms with Gasteiger partial charge in [0.25, 0.3) is 0 Å². The average Bonchev–Trinajstić information content (AvgIpc) is 3.46. The van der Waals surface area contributed by atoms with Crippen molar-refractivity contribution in [3.8, 4) is 0 Å². The van der Waals surface area contributed by atoms with Crippen molar-refractivity contribution in [3.05, 3.63) is 12.2 Å². The summed E-state index contributed by atoms with van der Waals surface area (Å²) in [5.41, 5.74) is 0. The van der Waals surface area contributed by atoms with Crippen molar-refractivity contribution in [3.63, 3.8) is 0 Å². The van der Waals surface area contributed by atoms with Gasteiger partial charge in [-0.25, -0.2) is 0 Å². The largest absolute Gasteiger partial charge is 0.394 e. The molecule has 1 rings (SSSR count). The van der Waals surface area contributed by atoms with Crippen LogP contribution in [0.1, 0.15) is 348 Å². The van der Waals surface area contributed by atoms with E-state index < -0.39 is 74.2 Å². The molecule has 1 amide bonds.